The number of methoxy groups -OCH3 is 1. The summed E-state index contributed by atoms with van der Waals surface area (Å²) in [4.78, 5) is 4.22. The van der Waals surface area contributed by atoms with Gasteiger partial charge in [0, 0.05) is 18.8 Å². The van der Waals surface area contributed by atoms with Crippen molar-refractivity contribution in [2.45, 2.75) is 18.4 Å². The first-order chi connectivity index (χ1) is 13.0. The van der Waals surface area contributed by atoms with Crippen LogP contribution in [0, 0.1) is 6.92 Å². The van der Waals surface area contributed by atoms with E-state index in [0.29, 0.717) is 17.4 Å². The molecular weight excluding hydrogens is 364 g/mol. The fraction of sp³-hybridized carbons (Fsp3) is 0.150. The molecular formula is C20H20N2O4S. The molecule has 1 N–H and O–H groups in total. The molecule has 1 aromatic heterocycles. The van der Waals surface area contributed by atoms with Crippen molar-refractivity contribution < 1.29 is 17.9 Å². The smallest absolute Gasteiger partial charge is 0.244 e. The van der Waals surface area contributed by atoms with Gasteiger partial charge in [-0.05, 0) is 48.4 Å². The minimum Gasteiger partial charge on any atom is -0.495 e. The maximum atomic E-state index is 12.7. The van der Waals surface area contributed by atoms with E-state index in [2.05, 4.69) is 9.71 Å². The van der Waals surface area contributed by atoms with Gasteiger partial charge < -0.3 is 9.47 Å². The summed E-state index contributed by atoms with van der Waals surface area (Å²) in [6, 6.07) is 17.6. The minimum absolute atomic E-state index is 0.117. The van der Waals surface area contributed by atoms with Gasteiger partial charge in [-0.3, -0.25) is 0 Å². The highest BCUT2D eigenvalue weighted by Crippen LogP contribution is 2.25. The second-order valence-corrected chi connectivity index (χ2v) is 7.63. The zero-order chi connectivity index (χ0) is 19.3. The fourth-order valence-electron chi connectivity index (χ4n) is 2.50. The molecule has 140 valence electrons. The van der Waals surface area contributed by atoms with E-state index in [1.807, 2.05) is 19.1 Å². The Bertz CT molecular complexity index is 1020. The number of aryl methyl sites for hydroxylation is 1. The van der Waals surface area contributed by atoms with E-state index in [0.717, 1.165) is 11.1 Å². The van der Waals surface area contributed by atoms with E-state index < -0.39 is 10.0 Å². The maximum Gasteiger partial charge on any atom is 0.244 e. The van der Waals surface area contributed by atoms with Crippen LogP contribution in [0.1, 0.15) is 11.1 Å². The monoisotopic (exact) mass is 384 g/mol. The first-order valence-electron chi connectivity index (χ1n) is 8.30. The van der Waals surface area contributed by atoms with Crippen molar-refractivity contribution in [2.75, 3.05) is 7.11 Å². The molecule has 0 aliphatic rings. The molecule has 0 atom stereocenters. The summed E-state index contributed by atoms with van der Waals surface area (Å²) in [6.45, 7) is 1.95. The van der Waals surface area contributed by atoms with Crippen molar-refractivity contribution >= 4 is 10.0 Å². The molecule has 0 unspecified atom stereocenters. The predicted octanol–water partition coefficient (Wildman–Crippen LogP) is 3.67. The molecule has 0 saturated heterocycles. The number of hydrogen-bond acceptors (Lipinski definition) is 5. The van der Waals surface area contributed by atoms with E-state index in [4.69, 9.17) is 9.47 Å². The van der Waals surface area contributed by atoms with Crippen molar-refractivity contribution in [1.29, 1.82) is 0 Å². The van der Waals surface area contributed by atoms with Gasteiger partial charge in [-0.1, -0.05) is 24.3 Å². The number of ether oxygens (including phenoxy) is 2. The first kappa shape index (κ1) is 18.9. The Morgan fingerprint density at radius 2 is 1.89 bits per heavy atom. The van der Waals surface area contributed by atoms with Crippen molar-refractivity contribution in [2.24, 2.45) is 0 Å². The van der Waals surface area contributed by atoms with Crippen LogP contribution in [-0.4, -0.2) is 20.5 Å². The number of sulfonamides is 1. The SMILES string of the molecule is COc1ccc(C)cc1S(=O)(=O)NCc1cccc(Oc2ccccn2)c1. The fourth-order valence-corrected chi connectivity index (χ4v) is 3.77. The third-order valence-electron chi connectivity index (χ3n) is 3.83. The van der Waals surface area contributed by atoms with Crippen LogP contribution in [0.2, 0.25) is 0 Å². The quantitative estimate of drug-likeness (QED) is 0.672. The van der Waals surface area contributed by atoms with Crippen LogP contribution in [0.4, 0.5) is 0 Å². The van der Waals surface area contributed by atoms with Crippen LogP contribution in [0.3, 0.4) is 0 Å². The molecule has 7 heteroatoms. The van der Waals surface area contributed by atoms with E-state index in [1.54, 1.807) is 54.7 Å². The topological polar surface area (TPSA) is 77.5 Å². The molecule has 3 aromatic rings. The Kier molecular flexibility index (Phi) is 5.73. The average Bonchev–Trinajstić information content (AvgIpc) is 2.67. The molecule has 0 aliphatic carbocycles. The Balaban J connectivity index is 1.75. The van der Waals surface area contributed by atoms with E-state index in [-0.39, 0.29) is 11.4 Å². The first-order valence-corrected chi connectivity index (χ1v) is 9.78. The molecule has 0 aliphatic heterocycles. The molecule has 0 bridgehead atoms. The lowest BCUT2D eigenvalue weighted by molar-refractivity contribution is 0.402. The minimum atomic E-state index is -3.72. The highest BCUT2D eigenvalue weighted by Gasteiger charge is 2.19. The average molecular weight is 384 g/mol. The van der Waals surface area contributed by atoms with Gasteiger partial charge in [0.15, 0.2) is 0 Å². The molecule has 27 heavy (non-hydrogen) atoms. The number of pyridine rings is 1. The Hall–Kier alpha value is -2.90. The third-order valence-corrected chi connectivity index (χ3v) is 5.26. The van der Waals surface area contributed by atoms with Crippen LogP contribution < -0.4 is 14.2 Å². The van der Waals surface area contributed by atoms with Crippen LogP contribution in [0.15, 0.2) is 71.8 Å². The van der Waals surface area contributed by atoms with Crippen molar-refractivity contribution in [1.82, 2.24) is 9.71 Å². The largest absolute Gasteiger partial charge is 0.495 e. The molecule has 0 saturated carbocycles. The van der Waals surface area contributed by atoms with Crippen LogP contribution in [0.5, 0.6) is 17.4 Å². The number of benzene rings is 2. The lowest BCUT2D eigenvalue weighted by Crippen LogP contribution is -2.23. The zero-order valence-electron chi connectivity index (χ0n) is 15.0. The number of aromatic nitrogens is 1. The number of nitrogens with one attached hydrogen (secondary N) is 1. The van der Waals surface area contributed by atoms with Crippen LogP contribution in [-0.2, 0) is 16.6 Å². The Morgan fingerprint density at radius 1 is 1.04 bits per heavy atom. The lowest BCUT2D eigenvalue weighted by atomic mass is 10.2. The summed E-state index contributed by atoms with van der Waals surface area (Å²) < 4.78 is 38.8. The molecule has 0 amide bonds. The number of hydrogen-bond donors (Lipinski definition) is 1. The maximum absolute atomic E-state index is 12.7. The third kappa shape index (κ3) is 4.84. The molecule has 6 nitrogen and oxygen atoms in total. The molecule has 0 fully saturated rings. The van der Waals surface area contributed by atoms with Crippen molar-refractivity contribution in [3.63, 3.8) is 0 Å². The standard InChI is InChI=1S/C20H20N2O4S/c1-15-9-10-18(25-2)19(12-15)27(23,24)22-14-16-6-5-7-17(13-16)26-20-8-3-4-11-21-20/h3-13,22H,14H2,1-2H3. The molecule has 0 spiro atoms. The molecule has 2 aromatic carbocycles. The van der Waals surface area contributed by atoms with Crippen LogP contribution >= 0.6 is 0 Å². The van der Waals surface area contributed by atoms with Gasteiger partial charge in [0.2, 0.25) is 15.9 Å². The van der Waals surface area contributed by atoms with Crippen LogP contribution in [0.25, 0.3) is 0 Å². The Morgan fingerprint density at radius 3 is 2.63 bits per heavy atom. The van der Waals surface area contributed by atoms with Gasteiger partial charge in [-0.15, -0.1) is 0 Å². The summed E-state index contributed by atoms with van der Waals surface area (Å²) in [5, 5.41) is 0. The molecule has 1 heterocycles. The highest BCUT2D eigenvalue weighted by molar-refractivity contribution is 7.89. The van der Waals surface area contributed by atoms with E-state index >= 15 is 0 Å². The van der Waals surface area contributed by atoms with Gasteiger partial charge >= 0.3 is 0 Å². The van der Waals surface area contributed by atoms with Gasteiger partial charge in [0.1, 0.15) is 16.4 Å². The van der Waals surface area contributed by atoms with E-state index in [1.165, 1.54) is 7.11 Å². The molecule has 0 radical (unpaired) electrons. The van der Waals surface area contributed by atoms with Crippen molar-refractivity contribution in [3.8, 4) is 17.4 Å². The van der Waals surface area contributed by atoms with Gasteiger partial charge in [-0.25, -0.2) is 18.1 Å². The van der Waals surface area contributed by atoms with Gasteiger partial charge in [-0.2, -0.15) is 0 Å². The normalized spacial score (nSPS) is 11.2. The Labute approximate surface area is 158 Å². The zero-order valence-corrected chi connectivity index (χ0v) is 15.9. The van der Waals surface area contributed by atoms with Gasteiger partial charge in [0.05, 0.1) is 7.11 Å². The van der Waals surface area contributed by atoms with Gasteiger partial charge in [0.25, 0.3) is 0 Å². The number of rotatable bonds is 7. The summed E-state index contributed by atoms with van der Waals surface area (Å²) in [7, 11) is -2.28. The molecule has 3 rings (SSSR count). The summed E-state index contributed by atoms with van der Waals surface area (Å²) in [5.41, 5.74) is 1.60. The lowest BCUT2D eigenvalue weighted by Gasteiger charge is -2.12. The second kappa shape index (κ2) is 8.20. The number of nitrogens with zero attached hydrogens (tertiary/aromatic N) is 1. The summed E-state index contributed by atoms with van der Waals surface area (Å²) in [5.74, 6) is 1.36. The van der Waals surface area contributed by atoms with E-state index in [9.17, 15) is 8.42 Å². The summed E-state index contributed by atoms with van der Waals surface area (Å²) in [6.07, 6.45) is 1.64. The second-order valence-electron chi connectivity index (χ2n) is 5.90. The van der Waals surface area contributed by atoms with Crippen molar-refractivity contribution in [3.05, 3.63) is 78.0 Å². The predicted molar refractivity (Wildman–Crippen MR) is 103 cm³/mol. The highest BCUT2D eigenvalue weighted by atomic mass is 32.2. The summed E-state index contributed by atoms with van der Waals surface area (Å²) >= 11 is 0.